The average molecular weight is 368 g/mol. The number of fused-ring (bicyclic) bond motifs is 3. The monoisotopic (exact) mass is 368 g/mol. The third-order valence-electron chi connectivity index (χ3n) is 4.63. The van der Waals surface area contributed by atoms with Gasteiger partial charge in [0.1, 0.15) is 24.4 Å². The van der Waals surface area contributed by atoms with Crippen LogP contribution < -0.4 is 0 Å². The zero-order valence-corrected chi connectivity index (χ0v) is 15.7. The Hall–Kier alpha value is -0.830. The number of hydrogen-bond acceptors (Lipinski definition) is 6. The quantitative estimate of drug-likeness (QED) is 0.797. The summed E-state index contributed by atoms with van der Waals surface area (Å²) >= 11 is 0. The fourth-order valence-corrected chi connectivity index (χ4v) is 4.99. The van der Waals surface area contributed by atoms with Gasteiger partial charge in [-0.15, -0.1) is 0 Å². The molecule has 3 saturated heterocycles. The highest BCUT2D eigenvalue weighted by Crippen LogP contribution is 2.43. The molecule has 0 aliphatic carbocycles. The van der Waals surface area contributed by atoms with Crippen LogP contribution in [0.2, 0.25) is 0 Å². The van der Waals surface area contributed by atoms with Crippen LogP contribution in [0.3, 0.4) is 0 Å². The van der Waals surface area contributed by atoms with Crippen LogP contribution in [-0.4, -0.2) is 52.2 Å². The van der Waals surface area contributed by atoms with Gasteiger partial charge in [0.15, 0.2) is 17.0 Å². The molecule has 3 fully saturated rings. The van der Waals surface area contributed by atoms with Gasteiger partial charge in [-0.05, 0) is 39.8 Å². The molecule has 7 heteroatoms. The van der Waals surface area contributed by atoms with Crippen LogP contribution in [0.4, 0.5) is 0 Å². The standard InChI is InChI=1S/C18H24O6S/c1-17(2)20-10-12-13(22-17)14-15(24-18(3,4)23-14)16(21-12)25(19)11-8-6-5-7-9-11/h5-9,12-16H,10H2,1-4H3/t12-,13-,14+,15+,16+,25?/m1/s1. The lowest BCUT2D eigenvalue weighted by atomic mass is 9.98. The Bertz CT molecular complexity index is 661. The largest absolute Gasteiger partial charge is 0.353 e. The van der Waals surface area contributed by atoms with E-state index in [4.69, 9.17) is 23.7 Å². The summed E-state index contributed by atoms with van der Waals surface area (Å²) < 4.78 is 43.2. The summed E-state index contributed by atoms with van der Waals surface area (Å²) in [7, 11) is -1.39. The van der Waals surface area contributed by atoms with Crippen molar-refractivity contribution < 1.29 is 27.9 Å². The molecule has 0 radical (unpaired) electrons. The topological polar surface area (TPSA) is 63.2 Å². The van der Waals surface area contributed by atoms with Crippen LogP contribution in [0, 0.1) is 0 Å². The smallest absolute Gasteiger partial charge is 0.166 e. The van der Waals surface area contributed by atoms with E-state index in [1.165, 1.54) is 0 Å². The van der Waals surface area contributed by atoms with Crippen LogP contribution >= 0.6 is 0 Å². The van der Waals surface area contributed by atoms with Gasteiger partial charge in [-0.2, -0.15) is 0 Å². The summed E-state index contributed by atoms with van der Waals surface area (Å²) in [5, 5.41) is 0. The van der Waals surface area contributed by atoms with Crippen molar-refractivity contribution in [3.63, 3.8) is 0 Å². The first-order chi connectivity index (χ1) is 11.8. The Kier molecular flexibility index (Phi) is 4.30. The van der Waals surface area contributed by atoms with Gasteiger partial charge in [-0.1, -0.05) is 18.2 Å². The summed E-state index contributed by atoms with van der Waals surface area (Å²) in [5.74, 6) is -1.49. The van der Waals surface area contributed by atoms with Crippen LogP contribution in [0.25, 0.3) is 0 Å². The van der Waals surface area contributed by atoms with E-state index in [2.05, 4.69) is 0 Å². The minimum atomic E-state index is -1.39. The molecule has 6 atom stereocenters. The van der Waals surface area contributed by atoms with Gasteiger partial charge < -0.3 is 23.7 Å². The molecule has 3 heterocycles. The average Bonchev–Trinajstić information content (AvgIpc) is 2.89. The van der Waals surface area contributed by atoms with Crippen molar-refractivity contribution in [2.45, 2.75) is 74.0 Å². The lowest BCUT2D eigenvalue weighted by Gasteiger charge is -2.48. The van der Waals surface area contributed by atoms with Crippen molar-refractivity contribution in [2.24, 2.45) is 0 Å². The maximum Gasteiger partial charge on any atom is 0.166 e. The first-order valence-corrected chi connectivity index (χ1v) is 9.76. The molecule has 1 aromatic rings. The van der Waals surface area contributed by atoms with Crippen LogP contribution in [-0.2, 0) is 34.5 Å². The molecular formula is C18H24O6S. The minimum Gasteiger partial charge on any atom is -0.353 e. The Morgan fingerprint density at radius 3 is 2.28 bits per heavy atom. The van der Waals surface area contributed by atoms with E-state index in [9.17, 15) is 4.21 Å². The van der Waals surface area contributed by atoms with Crippen molar-refractivity contribution in [3.8, 4) is 0 Å². The van der Waals surface area contributed by atoms with Gasteiger partial charge in [-0.3, -0.25) is 4.21 Å². The molecule has 0 aromatic heterocycles. The highest BCUT2D eigenvalue weighted by Gasteiger charge is 2.59. The van der Waals surface area contributed by atoms with Crippen molar-refractivity contribution in [1.82, 2.24) is 0 Å². The van der Waals surface area contributed by atoms with E-state index < -0.39 is 33.9 Å². The second-order valence-corrected chi connectivity index (χ2v) is 9.04. The Balaban J connectivity index is 1.65. The molecule has 1 unspecified atom stereocenters. The summed E-state index contributed by atoms with van der Waals surface area (Å²) in [6, 6.07) is 9.28. The van der Waals surface area contributed by atoms with Gasteiger partial charge in [0.2, 0.25) is 0 Å². The zero-order valence-electron chi connectivity index (χ0n) is 14.8. The summed E-state index contributed by atoms with van der Waals surface area (Å²) in [6.07, 6.45) is -1.48. The molecule has 0 bridgehead atoms. The second-order valence-electron chi connectivity index (χ2n) is 7.51. The molecule has 25 heavy (non-hydrogen) atoms. The summed E-state index contributed by atoms with van der Waals surface area (Å²) in [4.78, 5) is 0.705. The van der Waals surface area contributed by atoms with Gasteiger partial charge in [-0.25, -0.2) is 0 Å². The zero-order chi connectivity index (χ0) is 17.8. The molecule has 6 nitrogen and oxygen atoms in total. The van der Waals surface area contributed by atoms with Crippen molar-refractivity contribution in [1.29, 1.82) is 0 Å². The Morgan fingerprint density at radius 2 is 1.56 bits per heavy atom. The van der Waals surface area contributed by atoms with Gasteiger partial charge in [0.25, 0.3) is 0 Å². The number of benzene rings is 1. The molecule has 3 aliphatic rings. The lowest BCUT2D eigenvalue weighted by molar-refractivity contribution is -0.342. The van der Waals surface area contributed by atoms with Crippen molar-refractivity contribution in [3.05, 3.63) is 30.3 Å². The summed E-state index contributed by atoms with van der Waals surface area (Å²) in [5.41, 5.74) is -0.635. The summed E-state index contributed by atoms with van der Waals surface area (Å²) in [6.45, 7) is 7.81. The molecule has 0 spiro atoms. The van der Waals surface area contributed by atoms with Gasteiger partial charge in [0, 0.05) is 4.90 Å². The molecule has 0 saturated carbocycles. The number of ether oxygens (including phenoxy) is 5. The number of rotatable bonds is 2. The van der Waals surface area contributed by atoms with E-state index >= 15 is 0 Å². The third kappa shape index (κ3) is 3.29. The molecule has 4 rings (SSSR count). The highest BCUT2D eigenvalue weighted by molar-refractivity contribution is 7.85. The molecule has 0 amide bonds. The second kappa shape index (κ2) is 6.11. The van der Waals surface area contributed by atoms with Crippen molar-refractivity contribution in [2.75, 3.05) is 6.61 Å². The van der Waals surface area contributed by atoms with E-state index in [-0.39, 0.29) is 18.3 Å². The van der Waals surface area contributed by atoms with E-state index in [0.29, 0.717) is 11.5 Å². The fourth-order valence-electron chi connectivity index (χ4n) is 3.60. The maximum absolute atomic E-state index is 13.1. The highest BCUT2D eigenvalue weighted by atomic mass is 32.2. The third-order valence-corrected chi connectivity index (χ3v) is 6.17. The Labute approximate surface area is 150 Å². The van der Waals surface area contributed by atoms with Crippen molar-refractivity contribution >= 4 is 10.8 Å². The molecule has 138 valence electrons. The number of hydrogen-bond donors (Lipinski definition) is 0. The Morgan fingerprint density at radius 1 is 0.920 bits per heavy atom. The van der Waals surface area contributed by atoms with Crippen LogP contribution in [0.5, 0.6) is 0 Å². The predicted octanol–water partition coefficient (Wildman–Crippen LogP) is 2.19. The maximum atomic E-state index is 13.1. The lowest BCUT2D eigenvalue weighted by Crippen LogP contribution is -2.64. The van der Waals surface area contributed by atoms with E-state index in [1.54, 1.807) is 0 Å². The van der Waals surface area contributed by atoms with Crippen LogP contribution in [0.1, 0.15) is 27.7 Å². The fraction of sp³-hybridized carbons (Fsp3) is 0.667. The minimum absolute atomic E-state index is 0.320. The normalized spacial score (nSPS) is 40.1. The van der Waals surface area contributed by atoms with Gasteiger partial charge in [0.05, 0.1) is 17.4 Å². The predicted molar refractivity (Wildman–Crippen MR) is 90.2 cm³/mol. The molecular weight excluding hydrogens is 344 g/mol. The van der Waals surface area contributed by atoms with Crippen LogP contribution in [0.15, 0.2) is 35.2 Å². The molecule has 3 aliphatic heterocycles. The molecule has 0 N–H and O–H groups in total. The van der Waals surface area contributed by atoms with Gasteiger partial charge >= 0.3 is 0 Å². The van der Waals surface area contributed by atoms with E-state index in [1.807, 2.05) is 58.0 Å². The SMILES string of the molecule is CC1(C)O[C@@H]2[C@H](O1)[C@H](S(=O)c1ccccc1)O[C@@H]1COC(C)(C)O[C@@H]21. The first kappa shape index (κ1) is 17.6. The van der Waals surface area contributed by atoms with E-state index in [0.717, 1.165) is 0 Å². The molecule has 1 aromatic carbocycles. The first-order valence-electron chi connectivity index (χ1n) is 8.54.